The van der Waals surface area contributed by atoms with Gasteiger partial charge in [-0.15, -0.1) is 0 Å². The Balaban J connectivity index is 1.43. The van der Waals surface area contributed by atoms with Crippen molar-refractivity contribution in [3.63, 3.8) is 0 Å². The summed E-state index contributed by atoms with van der Waals surface area (Å²) in [4.78, 5) is 21.0. The van der Waals surface area contributed by atoms with Crippen molar-refractivity contribution in [3.8, 4) is 22.4 Å². The van der Waals surface area contributed by atoms with Gasteiger partial charge < -0.3 is 9.97 Å². The van der Waals surface area contributed by atoms with Gasteiger partial charge in [0, 0.05) is 39.4 Å². The van der Waals surface area contributed by atoms with Crippen LogP contribution in [0.3, 0.4) is 0 Å². The van der Waals surface area contributed by atoms with Gasteiger partial charge in [0.05, 0.1) is 28.5 Å². The van der Waals surface area contributed by atoms with Gasteiger partial charge in [-0.2, -0.15) is 0 Å². The summed E-state index contributed by atoms with van der Waals surface area (Å²) in [7, 11) is 0. The summed E-state index contributed by atoms with van der Waals surface area (Å²) < 4.78 is 0. The van der Waals surface area contributed by atoms with Gasteiger partial charge in [-0.1, -0.05) is 30.3 Å². The zero-order chi connectivity index (χ0) is 23.9. The van der Waals surface area contributed by atoms with E-state index in [1.54, 1.807) is 0 Å². The summed E-state index contributed by atoms with van der Waals surface area (Å²) >= 11 is 0. The van der Waals surface area contributed by atoms with Crippen molar-refractivity contribution in [1.29, 1.82) is 0 Å². The predicted molar refractivity (Wildman–Crippen MR) is 148 cm³/mol. The average molecular weight is 464 g/mol. The Morgan fingerprint density at radius 2 is 1.17 bits per heavy atom. The Bertz CT molecular complexity index is 1820. The summed E-state index contributed by atoms with van der Waals surface area (Å²) in [5.74, 6) is 0. The number of H-pyrrole nitrogens is 2. The summed E-state index contributed by atoms with van der Waals surface area (Å²) in [6.07, 6.45) is 9.92. The predicted octanol–water partition coefficient (Wildman–Crippen LogP) is 7.38. The Kier molecular flexibility index (Phi) is 4.71. The molecule has 5 nitrogen and oxygen atoms in total. The largest absolute Gasteiger partial charge is 0.355 e. The third-order valence-electron chi connectivity index (χ3n) is 6.33. The second-order valence-corrected chi connectivity index (χ2v) is 8.88. The fourth-order valence-electron chi connectivity index (χ4n) is 4.61. The number of hydrogen-bond acceptors (Lipinski definition) is 3. The molecule has 5 heteroatoms. The maximum absolute atomic E-state index is 4.80. The molecule has 2 aliphatic heterocycles. The highest BCUT2D eigenvalue weighted by Crippen LogP contribution is 2.29. The van der Waals surface area contributed by atoms with E-state index in [4.69, 9.17) is 9.97 Å². The Hall–Kier alpha value is -5.03. The molecule has 0 amide bonds. The SMILES string of the molecule is C1=Cc2cc3ccc(cc4cc(-c5ccc(-c6ccccn6)cc5)c(cc5nc(cc1n2)C=C5)[nH]4)[nH]3. The van der Waals surface area contributed by atoms with Crippen molar-refractivity contribution in [2.45, 2.75) is 0 Å². The molecule has 0 atom stereocenters. The van der Waals surface area contributed by atoms with Gasteiger partial charge >= 0.3 is 0 Å². The number of benzene rings is 1. The second-order valence-electron chi connectivity index (χ2n) is 8.88. The van der Waals surface area contributed by atoms with Crippen LogP contribution in [0.2, 0.25) is 0 Å². The second kappa shape index (κ2) is 8.32. The van der Waals surface area contributed by atoms with E-state index < -0.39 is 0 Å². The lowest BCUT2D eigenvalue weighted by atomic mass is 10.0. The molecular formula is C31H21N5. The highest BCUT2D eigenvalue weighted by atomic mass is 14.8. The molecule has 4 aromatic heterocycles. The molecule has 8 bridgehead atoms. The van der Waals surface area contributed by atoms with Crippen LogP contribution < -0.4 is 0 Å². The fourth-order valence-corrected chi connectivity index (χ4v) is 4.61. The van der Waals surface area contributed by atoms with E-state index in [9.17, 15) is 0 Å². The lowest BCUT2D eigenvalue weighted by Gasteiger charge is -2.03. The molecule has 1 aromatic carbocycles. The first-order chi connectivity index (χ1) is 17.7. The number of aromatic amines is 2. The van der Waals surface area contributed by atoms with Gasteiger partial charge in [0.1, 0.15) is 0 Å². The molecule has 170 valence electrons. The van der Waals surface area contributed by atoms with Crippen LogP contribution in [0.1, 0.15) is 22.8 Å². The van der Waals surface area contributed by atoms with Crippen LogP contribution in [0.25, 0.3) is 68.8 Å². The summed E-state index contributed by atoms with van der Waals surface area (Å²) in [5.41, 5.74) is 11.9. The van der Waals surface area contributed by atoms with E-state index in [2.05, 4.69) is 69.5 Å². The molecule has 0 fully saturated rings. The molecule has 0 radical (unpaired) electrons. The van der Waals surface area contributed by atoms with E-state index in [0.717, 1.165) is 67.2 Å². The van der Waals surface area contributed by atoms with E-state index in [1.165, 1.54) is 0 Å². The lowest BCUT2D eigenvalue weighted by Crippen LogP contribution is -1.82. The van der Waals surface area contributed by atoms with E-state index >= 15 is 0 Å². The van der Waals surface area contributed by atoms with Crippen LogP contribution in [0.4, 0.5) is 0 Å². The van der Waals surface area contributed by atoms with E-state index in [0.29, 0.717) is 0 Å². The first-order valence-corrected chi connectivity index (χ1v) is 11.9. The van der Waals surface area contributed by atoms with Crippen molar-refractivity contribution in [1.82, 2.24) is 24.9 Å². The number of aromatic nitrogens is 5. The van der Waals surface area contributed by atoms with Crippen molar-refractivity contribution in [2.24, 2.45) is 0 Å². The fraction of sp³-hybridized carbons (Fsp3) is 0. The maximum atomic E-state index is 4.80. The molecule has 0 aliphatic carbocycles. The quantitative estimate of drug-likeness (QED) is 0.281. The van der Waals surface area contributed by atoms with Crippen molar-refractivity contribution >= 4 is 46.4 Å². The number of rotatable bonds is 2. The Morgan fingerprint density at radius 3 is 1.89 bits per heavy atom. The lowest BCUT2D eigenvalue weighted by molar-refractivity contribution is 1.28. The molecule has 7 rings (SSSR count). The Morgan fingerprint density at radius 1 is 0.500 bits per heavy atom. The molecular weight excluding hydrogens is 442 g/mol. The van der Waals surface area contributed by atoms with Crippen LogP contribution >= 0.6 is 0 Å². The minimum absolute atomic E-state index is 0.889. The number of hydrogen-bond donors (Lipinski definition) is 2. The van der Waals surface area contributed by atoms with Crippen LogP contribution in [-0.4, -0.2) is 24.9 Å². The number of fused-ring (bicyclic) bond motifs is 8. The molecule has 2 aliphatic rings. The van der Waals surface area contributed by atoms with Crippen molar-refractivity contribution in [3.05, 3.63) is 114 Å². The molecule has 2 N–H and O–H groups in total. The Labute approximate surface area is 207 Å². The molecule has 6 heterocycles. The van der Waals surface area contributed by atoms with Crippen LogP contribution in [0, 0.1) is 0 Å². The van der Waals surface area contributed by atoms with Gasteiger partial charge in [-0.3, -0.25) is 4.98 Å². The van der Waals surface area contributed by atoms with Crippen molar-refractivity contribution < 1.29 is 0 Å². The smallest absolute Gasteiger partial charge is 0.0701 e. The standard InChI is InChI=1S/C31H21N5/c1-2-14-32-30(3-1)21-6-4-20(5-7-21)29-18-28-17-26-11-10-24(34-26)15-22-8-9-23(33-22)16-25-12-13-27(35-25)19-31(29)36-28/h1-19,34,36H. The summed E-state index contributed by atoms with van der Waals surface area (Å²) in [6.45, 7) is 0. The van der Waals surface area contributed by atoms with Gasteiger partial charge in [0.2, 0.25) is 0 Å². The first-order valence-electron chi connectivity index (χ1n) is 11.9. The minimum atomic E-state index is 0.889. The minimum Gasteiger partial charge on any atom is -0.355 e. The van der Waals surface area contributed by atoms with Crippen molar-refractivity contribution in [2.75, 3.05) is 0 Å². The molecule has 36 heavy (non-hydrogen) atoms. The van der Waals surface area contributed by atoms with E-state index in [1.807, 2.05) is 60.8 Å². The van der Waals surface area contributed by atoms with Crippen LogP contribution in [-0.2, 0) is 0 Å². The number of pyridine rings is 1. The number of nitrogens with one attached hydrogen (secondary N) is 2. The van der Waals surface area contributed by atoms with E-state index in [-0.39, 0.29) is 0 Å². The van der Waals surface area contributed by atoms with Gasteiger partial charge in [-0.05, 0) is 84.5 Å². The zero-order valence-corrected chi connectivity index (χ0v) is 19.3. The number of nitrogens with zero attached hydrogens (tertiary/aromatic N) is 3. The zero-order valence-electron chi connectivity index (χ0n) is 19.3. The van der Waals surface area contributed by atoms with Gasteiger partial charge in [0.15, 0.2) is 0 Å². The molecule has 0 saturated heterocycles. The monoisotopic (exact) mass is 463 g/mol. The molecule has 5 aromatic rings. The first kappa shape index (κ1) is 20.4. The van der Waals surface area contributed by atoms with Crippen LogP contribution in [0.15, 0.2) is 91.1 Å². The third-order valence-corrected chi connectivity index (χ3v) is 6.33. The molecule has 0 unspecified atom stereocenters. The highest BCUT2D eigenvalue weighted by molar-refractivity contribution is 5.88. The maximum Gasteiger partial charge on any atom is 0.0701 e. The van der Waals surface area contributed by atoms with Gasteiger partial charge in [-0.25, -0.2) is 9.97 Å². The average Bonchev–Trinajstić information content (AvgIpc) is 3.70. The molecule has 0 saturated carbocycles. The van der Waals surface area contributed by atoms with Gasteiger partial charge in [0.25, 0.3) is 0 Å². The topological polar surface area (TPSA) is 70.2 Å². The highest BCUT2D eigenvalue weighted by Gasteiger charge is 2.08. The summed E-state index contributed by atoms with van der Waals surface area (Å²) in [6, 6.07) is 29.1. The summed E-state index contributed by atoms with van der Waals surface area (Å²) in [5, 5.41) is 0. The third kappa shape index (κ3) is 3.93. The van der Waals surface area contributed by atoms with Crippen LogP contribution in [0.5, 0.6) is 0 Å². The molecule has 0 spiro atoms. The normalized spacial score (nSPS) is 12.2.